The van der Waals surface area contributed by atoms with Gasteiger partial charge in [0.2, 0.25) is 5.91 Å². The molecule has 27 heavy (non-hydrogen) atoms. The maximum atomic E-state index is 12.1. The summed E-state index contributed by atoms with van der Waals surface area (Å²) in [5, 5.41) is 3.14. The van der Waals surface area contributed by atoms with Gasteiger partial charge < -0.3 is 10.1 Å². The second kappa shape index (κ2) is 9.00. The molecule has 1 atom stereocenters. The molecule has 0 saturated carbocycles. The number of carbonyl (C=O) groups excluding carboxylic acids is 1. The van der Waals surface area contributed by atoms with Gasteiger partial charge in [-0.25, -0.2) is 0 Å². The van der Waals surface area contributed by atoms with E-state index in [0.29, 0.717) is 12.5 Å². The minimum Gasteiger partial charge on any atom is -0.381 e. The van der Waals surface area contributed by atoms with Gasteiger partial charge in [-0.1, -0.05) is 30.3 Å². The predicted octanol–water partition coefficient (Wildman–Crippen LogP) is 3.78. The Morgan fingerprint density at radius 3 is 2.67 bits per heavy atom. The Labute approximate surface area is 165 Å². The van der Waals surface area contributed by atoms with Crippen LogP contribution in [-0.2, 0) is 16.1 Å². The average Bonchev–Trinajstić information content (AvgIpc) is 3.40. The molecule has 2 fully saturated rings. The Balaban J connectivity index is 1.20. The van der Waals surface area contributed by atoms with Crippen LogP contribution in [0, 0.1) is 11.8 Å². The highest BCUT2D eigenvalue weighted by atomic mass is 32.1. The Hall–Kier alpha value is -1.69. The highest BCUT2D eigenvalue weighted by Gasteiger charge is 2.25. The highest BCUT2D eigenvalue weighted by Crippen LogP contribution is 2.29. The largest absolute Gasteiger partial charge is 0.381 e. The van der Waals surface area contributed by atoms with Crippen molar-refractivity contribution in [3.63, 3.8) is 0 Å². The van der Waals surface area contributed by atoms with Gasteiger partial charge in [-0.15, -0.1) is 11.3 Å². The maximum Gasteiger partial charge on any atom is 0.225 e. The summed E-state index contributed by atoms with van der Waals surface area (Å²) in [7, 11) is 0. The molecule has 0 aliphatic carbocycles. The van der Waals surface area contributed by atoms with Crippen LogP contribution >= 0.6 is 11.3 Å². The minimum atomic E-state index is 0.0720. The van der Waals surface area contributed by atoms with Gasteiger partial charge in [0.1, 0.15) is 0 Å². The van der Waals surface area contributed by atoms with E-state index in [1.165, 1.54) is 28.2 Å². The molecule has 0 bridgehead atoms. The Bertz CT molecular complexity index is 732. The minimum absolute atomic E-state index is 0.0720. The lowest BCUT2D eigenvalue weighted by Crippen LogP contribution is -2.40. The summed E-state index contributed by atoms with van der Waals surface area (Å²) >= 11 is 1.90. The molecule has 0 spiro atoms. The summed E-state index contributed by atoms with van der Waals surface area (Å²) in [5.41, 5.74) is 1.30. The fraction of sp³-hybridized carbons (Fsp3) is 0.500. The number of amides is 1. The highest BCUT2D eigenvalue weighted by molar-refractivity contribution is 7.15. The monoisotopic (exact) mass is 384 g/mol. The van der Waals surface area contributed by atoms with E-state index in [-0.39, 0.29) is 11.8 Å². The molecule has 1 N–H and O–H groups in total. The van der Waals surface area contributed by atoms with Gasteiger partial charge in [0.25, 0.3) is 0 Å². The number of rotatable bonds is 6. The standard InChI is InChI=1S/C22H28N2O2S/c25-22(19-10-13-26-16-19)23-14-17-8-11-24(12-9-17)15-20-6-7-21(27-20)18-4-2-1-3-5-18/h1-7,17,19H,8-16H2,(H,23,25). The van der Waals surface area contributed by atoms with Crippen LogP contribution in [0.3, 0.4) is 0 Å². The molecule has 4 rings (SSSR count). The summed E-state index contributed by atoms with van der Waals surface area (Å²) in [6, 6.07) is 15.1. The van der Waals surface area contributed by atoms with Crippen LogP contribution in [0.25, 0.3) is 10.4 Å². The van der Waals surface area contributed by atoms with Crippen molar-refractivity contribution >= 4 is 17.2 Å². The number of likely N-dealkylation sites (tertiary alicyclic amines) is 1. The molecule has 2 aliphatic heterocycles. The first kappa shape index (κ1) is 18.7. The number of nitrogens with one attached hydrogen (secondary N) is 1. The van der Waals surface area contributed by atoms with Crippen LogP contribution in [-0.4, -0.2) is 43.7 Å². The van der Waals surface area contributed by atoms with E-state index in [2.05, 4.69) is 52.7 Å². The first-order valence-corrected chi connectivity index (χ1v) is 10.8. The molecule has 1 unspecified atom stereocenters. The van der Waals surface area contributed by atoms with Gasteiger partial charge in [0.05, 0.1) is 12.5 Å². The molecule has 4 nitrogen and oxygen atoms in total. The van der Waals surface area contributed by atoms with Crippen molar-refractivity contribution in [2.75, 3.05) is 32.8 Å². The van der Waals surface area contributed by atoms with Gasteiger partial charge in [0.15, 0.2) is 0 Å². The second-order valence-corrected chi connectivity index (χ2v) is 8.83. The zero-order chi connectivity index (χ0) is 18.5. The van der Waals surface area contributed by atoms with E-state index < -0.39 is 0 Å². The van der Waals surface area contributed by atoms with Gasteiger partial charge in [-0.05, 0) is 56.0 Å². The number of hydrogen-bond acceptors (Lipinski definition) is 4. The molecular formula is C22H28N2O2S. The Kier molecular flexibility index (Phi) is 6.22. The van der Waals surface area contributed by atoms with Crippen molar-refractivity contribution in [3.05, 3.63) is 47.3 Å². The van der Waals surface area contributed by atoms with Crippen LogP contribution in [0.15, 0.2) is 42.5 Å². The number of carbonyl (C=O) groups is 1. The van der Waals surface area contributed by atoms with E-state index in [0.717, 1.165) is 39.2 Å². The number of piperidine rings is 1. The summed E-state index contributed by atoms with van der Waals surface area (Å²) in [4.78, 5) is 17.4. The van der Waals surface area contributed by atoms with Gasteiger partial charge in [0, 0.05) is 29.5 Å². The van der Waals surface area contributed by atoms with Gasteiger partial charge >= 0.3 is 0 Å². The zero-order valence-corrected chi connectivity index (χ0v) is 16.5. The summed E-state index contributed by atoms with van der Waals surface area (Å²) in [6.45, 7) is 5.41. The normalized spacial score (nSPS) is 21.4. The summed E-state index contributed by atoms with van der Waals surface area (Å²) < 4.78 is 5.30. The summed E-state index contributed by atoms with van der Waals surface area (Å²) in [5.74, 6) is 0.862. The lowest BCUT2D eigenvalue weighted by molar-refractivity contribution is -0.125. The number of ether oxygens (including phenoxy) is 1. The molecule has 3 heterocycles. The smallest absolute Gasteiger partial charge is 0.225 e. The molecule has 5 heteroatoms. The zero-order valence-electron chi connectivity index (χ0n) is 15.7. The van der Waals surface area contributed by atoms with Gasteiger partial charge in [-0.2, -0.15) is 0 Å². The maximum absolute atomic E-state index is 12.1. The average molecular weight is 385 g/mol. The van der Waals surface area contributed by atoms with Crippen LogP contribution in [0.2, 0.25) is 0 Å². The molecule has 1 amide bonds. The van der Waals surface area contributed by atoms with Crippen molar-refractivity contribution in [1.29, 1.82) is 0 Å². The third-order valence-corrected chi connectivity index (χ3v) is 6.79. The lowest BCUT2D eigenvalue weighted by Gasteiger charge is -2.31. The number of thiophene rings is 1. The summed E-state index contributed by atoms with van der Waals surface area (Å²) in [6.07, 6.45) is 3.20. The molecule has 144 valence electrons. The van der Waals surface area contributed by atoms with Crippen LogP contribution in [0.4, 0.5) is 0 Å². The third kappa shape index (κ3) is 4.98. The molecular weight excluding hydrogens is 356 g/mol. The van der Waals surface area contributed by atoms with Crippen LogP contribution in [0.5, 0.6) is 0 Å². The van der Waals surface area contributed by atoms with E-state index in [1.54, 1.807) is 0 Å². The molecule has 2 aromatic rings. The van der Waals surface area contributed by atoms with Crippen molar-refractivity contribution in [2.24, 2.45) is 11.8 Å². The van der Waals surface area contributed by atoms with E-state index in [1.807, 2.05) is 11.3 Å². The van der Waals surface area contributed by atoms with Crippen LogP contribution < -0.4 is 5.32 Å². The van der Waals surface area contributed by atoms with Crippen LogP contribution in [0.1, 0.15) is 24.1 Å². The van der Waals surface area contributed by atoms with E-state index >= 15 is 0 Å². The third-order valence-electron chi connectivity index (χ3n) is 5.67. The predicted molar refractivity (Wildman–Crippen MR) is 110 cm³/mol. The van der Waals surface area contributed by atoms with E-state index in [9.17, 15) is 4.79 Å². The van der Waals surface area contributed by atoms with Crippen molar-refractivity contribution < 1.29 is 9.53 Å². The molecule has 1 aromatic heterocycles. The van der Waals surface area contributed by atoms with Gasteiger partial charge in [-0.3, -0.25) is 9.69 Å². The lowest BCUT2D eigenvalue weighted by atomic mass is 9.96. The molecule has 2 saturated heterocycles. The molecule has 0 radical (unpaired) electrons. The number of nitrogens with zero attached hydrogens (tertiary/aromatic N) is 1. The Morgan fingerprint density at radius 2 is 1.93 bits per heavy atom. The van der Waals surface area contributed by atoms with E-state index in [4.69, 9.17) is 4.74 Å². The quantitative estimate of drug-likeness (QED) is 0.824. The number of benzene rings is 1. The first-order chi connectivity index (χ1) is 13.3. The van der Waals surface area contributed by atoms with Crippen molar-refractivity contribution in [3.8, 4) is 10.4 Å². The fourth-order valence-corrected chi connectivity index (χ4v) is 4.98. The Morgan fingerprint density at radius 1 is 1.11 bits per heavy atom. The number of hydrogen-bond donors (Lipinski definition) is 1. The fourth-order valence-electron chi connectivity index (χ4n) is 3.92. The SMILES string of the molecule is O=C(NCC1CCN(Cc2ccc(-c3ccccc3)s2)CC1)C1CCOC1. The molecule has 1 aromatic carbocycles. The van der Waals surface area contributed by atoms with Crippen molar-refractivity contribution in [2.45, 2.75) is 25.8 Å². The topological polar surface area (TPSA) is 41.6 Å². The molecule has 2 aliphatic rings. The first-order valence-electron chi connectivity index (χ1n) is 10.00. The van der Waals surface area contributed by atoms with Crippen molar-refractivity contribution in [1.82, 2.24) is 10.2 Å². The second-order valence-electron chi connectivity index (χ2n) is 7.66.